The van der Waals surface area contributed by atoms with Crippen LogP contribution in [0.4, 0.5) is 11.4 Å². The van der Waals surface area contributed by atoms with Crippen molar-refractivity contribution < 1.29 is 4.92 Å². The summed E-state index contributed by atoms with van der Waals surface area (Å²) in [5.41, 5.74) is 1.73. The Labute approximate surface area is 128 Å². The second-order valence-corrected chi connectivity index (χ2v) is 7.62. The van der Waals surface area contributed by atoms with Gasteiger partial charge in [0, 0.05) is 40.9 Å². The summed E-state index contributed by atoms with van der Waals surface area (Å²) in [6, 6.07) is 5.25. The van der Waals surface area contributed by atoms with Crippen LogP contribution in [-0.4, -0.2) is 28.5 Å². The minimum Gasteiger partial charge on any atom is -0.371 e. The number of halogens is 1. The molecule has 110 valence electrons. The van der Waals surface area contributed by atoms with E-state index in [-0.39, 0.29) is 16.5 Å². The molecule has 1 aromatic carbocycles. The van der Waals surface area contributed by atoms with Crippen LogP contribution in [0, 0.1) is 10.1 Å². The van der Waals surface area contributed by atoms with E-state index >= 15 is 0 Å². The van der Waals surface area contributed by atoms with E-state index in [1.165, 1.54) is 0 Å². The number of benzene rings is 1. The Morgan fingerprint density at radius 3 is 2.85 bits per heavy atom. The predicted octanol–water partition coefficient (Wildman–Crippen LogP) is 4.06. The lowest BCUT2D eigenvalue weighted by Crippen LogP contribution is -2.27. The summed E-state index contributed by atoms with van der Waals surface area (Å²) in [7, 11) is 0. The van der Waals surface area contributed by atoms with E-state index in [1.54, 1.807) is 6.07 Å². The first-order valence-corrected chi connectivity index (χ1v) is 8.17. The summed E-state index contributed by atoms with van der Waals surface area (Å²) in [6.45, 7) is 6.47. The van der Waals surface area contributed by atoms with Gasteiger partial charge in [-0.1, -0.05) is 13.8 Å². The molecule has 0 radical (unpaired) electrons. The molecule has 1 aliphatic rings. The molecule has 0 aromatic heterocycles. The van der Waals surface area contributed by atoms with E-state index in [4.69, 9.17) is 11.6 Å². The molecule has 0 spiro atoms. The molecular weight excluding hydrogens is 296 g/mol. The number of hydrogen-bond acceptors (Lipinski definition) is 4. The summed E-state index contributed by atoms with van der Waals surface area (Å²) < 4.78 is 0.296. The largest absolute Gasteiger partial charge is 0.371 e. The second kappa shape index (κ2) is 6.22. The van der Waals surface area contributed by atoms with Crippen molar-refractivity contribution in [2.45, 2.75) is 30.9 Å². The van der Waals surface area contributed by atoms with E-state index in [9.17, 15) is 10.1 Å². The zero-order valence-corrected chi connectivity index (χ0v) is 13.3. The minimum atomic E-state index is -0.372. The summed E-state index contributed by atoms with van der Waals surface area (Å²) in [6.07, 6.45) is 1.10. The average Bonchev–Trinajstić information content (AvgIpc) is 2.59. The fourth-order valence-electron chi connectivity index (χ4n) is 2.33. The maximum Gasteiger partial charge on any atom is 0.273 e. The average molecular weight is 315 g/mol. The Morgan fingerprint density at radius 2 is 2.20 bits per heavy atom. The van der Waals surface area contributed by atoms with Crippen LogP contribution >= 0.6 is 23.4 Å². The van der Waals surface area contributed by atoms with Gasteiger partial charge in [0.2, 0.25) is 0 Å². The molecule has 0 aliphatic carbocycles. The number of nitro benzene ring substituents is 1. The first-order chi connectivity index (χ1) is 9.43. The van der Waals surface area contributed by atoms with Crippen LogP contribution < -0.4 is 4.90 Å². The predicted molar refractivity (Wildman–Crippen MR) is 86.0 cm³/mol. The molecular formula is C14H19ClN2O2S. The van der Waals surface area contributed by atoms with Gasteiger partial charge >= 0.3 is 0 Å². The van der Waals surface area contributed by atoms with Crippen molar-refractivity contribution in [3.63, 3.8) is 0 Å². The van der Waals surface area contributed by atoms with Crippen LogP contribution in [0.5, 0.6) is 0 Å². The van der Waals surface area contributed by atoms with Gasteiger partial charge in [-0.2, -0.15) is 11.8 Å². The fourth-order valence-corrected chi connectivity index (χ4v) is 3.65. The lowest BCUT2D eigenvalue weighted by Gasteiger charge is -2.24. The highest BCUT2D eigenvalue weighted by Gasteiger charge is 2.24. The highest BCUT2D eigenvalue weighted by molar-refractivity contribution is 8.00. The van der Waals surface area contributed by atoms with Gasteiger partial charge in [-0.05, 0) is 18.6 Å². The Hall–Kier alpha value is -0.940. The lowest BCUT2D eigenvalue weighted by atomic mass is 10.1. The fraction of sp³-hybridized carbons (Fsp3) is 0.571. The number of anilines is 1. The van der Waals surface area contributed by atoms with Crippen molar-refractivity contribution in [1.82, 2.24) is 0 Å². The molecule has 0 saturated carbocycles. The van der Waals surface area contributed by atoms with Crippen LogP contribution in [0.2, 0.25) is 0 Å². The molecule has 0 amide bonds. The zero-order valence-electron chi connectivity index (χ0n) is 11.8. The minimum absolute atomic E-state index is 0.105. The van der Waals surface area contributed by atoms with Crippen LogP contribution in [0.15, 0.2) is 18.2 Å². The highest BCUT2D eigenvalue weighted by Crippen LogP contribution is 2.33. The summed E-state index contributed by atoms with van der Waals surface area (Å²) in [5.74, 6) is 1.23. The van der Waals surface area contributed by atoms with E-state index in [1.807, 2.05) is 23.9 Å². The molecule has 1 saturated heterocycles. The molecule has 0 N–H and O–H groups in total. The first-order valence-electron chi connectivity index (χ1n) is 6.65. The van der Waals surface area contributed by atoms with Gasteiger partial charge in [0.05, 0.1) is 10.8 Å². The molecule has 0 atom stereocenters. The molecule has 20 heavy (non-hydrogen) atoms. The van der Waals surface area contributed by atoms with Crippen molar-refractivity contribution in [3.05, 3.63) is 33.9 Å². The highest BCUT2D eigenvalue weighted by atomic mass is 35.5. The second-order valence-electron chi connectivity index (χ2n) is 5.55. The zero-order chi connectivity index (χ0) is 14.8. The smallest absolute Gasteiger partial charge is 0.273 e. The van der Waals surface area contributed by atoms with E-state index in [2.05, 4.69) is 18.7 Å². The monoisotopic (exact) mass is 314 g/mol. The van der Waals surface area contributed by atoms with Crippen molar-refractivity contribution in [1.29, 1.82) is 0 Å². The maximum atomic E-state index is 10.9. The maximum absolute atomic E-state index is 10.9. The van der Waals surface area contributed by atoms with Gasteiger partial charge in [0.1, 0.15) is 0 Å². The normalized spacial score (nSPS) is 18.6. The van der Waals surface area contributed by atoms with Crippen LogP contribution in [0.1, 0.15) is 25.8 Å². The third kappa shape index (κ3) is 3.58. The Bertz CT molecular complexity index is 508. The number of alkyl halides is 1. The van der Waals surface area contributed by atoms with Gasteiger partial charge in [-0.25, -0.2) is 0 Å². The molecule has 1 fully saturated rings. The Balaban J connectivity index is 2.22. The first kappa shape index (κ1) is 15.4. The van der Waals surface area contributed by atoms with E-state index in [0.717, 1.165) is 31.0 Å². The number of nitrogens with zero attached hydrogens (tertiary/aromatic N) is 2. The third-order valence-corrected chi connectivity index (χ3v) is 5.27. The number of hydrogen-bond donors (Lipinski definition) is 0. The molecule has 0 bridgehead atoms. The van der Waals surface area contributed by atoms with Crippen molar-refractivity contribution in [2.75, 3.05) is 23.7 Å². The van der Waals surface area contributed by atoms with E-state index < -0.39 is 0 Å². The number of thioether (sulfide) groups is 1. The van der Waals surface area contributed by atoms with Gasteiger partial charge < -0.3 is 4.90 Å². The molecule has 6 heteroatoms. The molecule has 0 unspecified atom stereocenters. The lowest BCUT2D eigenvalue weighted by molar-refractivity contribution is -0.385. The topological polar surface area (TPSA) is 46.4 Å². The molecule has 1 aliphatic heterocycles. The summed E-state index contributed by atoms with van der Waals surface area (Å²) >= 11 is 7.82. The third-order valence-electron chi connectivity index (χ3n) is 3.61. The molecule has 4 nitrogen and oxygen atoms in total. The van der Waals surface area contributed by atoms with Gasteiger partial charge in [0.25, 0.3) is 5.69 Å². The van der Waals surface area contributed by atoms with Crippen LogP contribution in [0.25, 0.3) is 0 Å². The van der Waals surface area contributed by atoms with Gasteiger partial charge in [-0.15, -0.1) is 11.6 Å². The van der Waals surface area contributed by atoms with Crippen molar-refractivity contribution in [2.24, 2.45) is 0 Å². The Morgan fingerprint density at radius 1 is 1.45 bits per heavy atom. The number of rotatable bonds is 3. The summed E-state index contributed by atoms with van der Waals surface area (Å²) in [5, 5.41) is 10.9. The van der Waals surface area contributed by atoms with Crippen molar-refractivity contribution >= 4 is 34.7 Å². The van der Waals surface area contributed by atoms with Crippen LogP contribution in [-0.2, 0) is 5.88 Å². The molecule has 1 aromatic rings. The Kier molecular flexibility index (Phi) is 4.81. The summed E-state index contributed by atoms with van der Waals surface area (Å²) in [4.78, 5) is 12.9. The van der Waals surface area contributed by atoms with Crippen LogP contribution in [0.3, 0.4) is 0 Å². The molecule has 2 rings (SSSR count). The van der Waals surface area contributed by atoms with Gasteiger partial charge in [0.15, 0.2) is 0 Å². The molecule has 1 heterocycles. The van der Waals surface area contributed by atoms with Gasteiger partial charge in [-0.3, -0.25) is 10.1 Å². The quantitative estimate of drug-likeness (QED) is 0.479. The van der Waals surface area contributed by atoms with Crippen molar-refractivity contribution in [3.8, 4) is 0 Å². The van der Waals surface area contributed by atoms with E-state index in [0.29, 0.717) is 10.3 Å². The standard InChI is InChI=1S/C14H19ClN2O2S/c1-14(2)5-6-16(7-8-20-14)12-3-4-13(17(18)19)11(9-12)10-15/h3-4,9H,5-8,10H2,1-2H3. The SMILES string of the molecule is CC1(C)CCN(c2ccc([N+](=O)[O-])c(CCl)c2)CCS1. The number of nitro groups is 1.